The third kappa shape index (κ3) is 1.91. The van der Waals surface area contributed by atoms with Crippen LogP contribution in [0, 0.1) is 16.7 Å². The van der Waals surface area contributed by atoms with Gasteiger partial charge < -0.3 is 4.90 Å². The number of piperidine rings is 1. The van der Waals surface area contributed by atoms with E-state index in [1.54, 1.807) is 4.90 Å². The van der Waals surface area contributed by atoms with Gasteiger partial charge >= 0.3 is 0 Å². The molecular weight excluding hydrogens is 252 g/mol. The molecule has 0 aromatic carbocycles. The molecular formula is C15H20N4O. The Morgan fingerprint density at radius 2 is 2.25 bits per heavy atom. The smallest absolute Gasteiger partial charge is 0.275 e. The number of rotatable bonds is 1. The number of nitrogens with one attached hydrogen (secondary N) is 1. The highest BCUT2D eigenvalue weighted by Crippen LogP contribution is 2.36. The largest absolute Gasteiger partial charge is 0.321 e. The number of carbonyl (C=O) groups is 1. The van der Waals surface area contributed by atoms with Crippen LogP contribution in [-0.4, -0.2) is 33.6 Å². The minimum absolute atomic E-state index is 0.0799. The van der Waals surface area contributed by atoms with Crippen LogP contribution in [-0.2, 0) is 12.8 Å². The standard InChI is InChI=1S/C15H20N4O/c1-15(2)7-4-8-19(12(15)9-16)14(20)13-10-5-3-6-11(10)17-18-13/h12H,3-8H2,1-2H3,(H,17,18)/t12-/m0/s1. The van der Waals surface area contributed by atoms with Gasteiger partial charge in [-0.3, -0.25) is 9.89 Å². The summed E-state index contributed by atoms with van der Waals surface area (Å²) in [5.74, 6) is -0.0799. The van der Waals surface area contributed by atoms with Crippen LogP contribution >= 0.6 is 0 Å². The molecule has 1 saturated heterocycles. The first-order valence-corrected chi connectivity index (χ1v) is 7.31. The highest BCUT2D eigenvalue weighted by molar-refractivity contribution is 5.94. The minimum Gasteiger partial charge on any atom is -0.321 e. The minimum atomic E-state index is -0.363. The first kappa shape index (κ1) is 13.2. The van der Waals surface area contributed by atoms with Gasteiger partial charge in [-0.25, -0.2) is 0 Å². The Labute approximate surface area is 119 Å². The number of aromatic nitrogens is 2. The average Bonchev–Trinajstić information content (AvgIpc) is 2.98. The zero-order valence-corrected chi connectivity index (χ0v) is 12.1. The maximum Gasteiger partial charge on any atom is 0.275 e. The van der Waals surface area contributed by atoms with Gasteiger partial charge in [0.25, 0.3) is 5.91 Å². The number of hydrogen-bond acceptors (Lipinski definition) is 3. The van der Waals surface area contributed by atoms with E-state index in [-0.39, 0.29) is 17.4 Å². The Hall–Kier alpha value is -1.83. The van der Waals surface area contributed by atoms with E-state index >= 15 is 0 Å². The number of nitriles is 1. The molecule has 0 saturated carbocycles. The van der Waals surface area contributed by atoms with Crippen LogP contribution in [0.3, 0.4) is 0 Å². The van der Waals surface area contributed by atoms with E-state index in [4.69, 9.17) is 0 Å². The number of fused-ring (bicyclic) bond motifs is 1. The van der Waals surface area contributed by atoms with Crippen LogP contribution in [0.25, 0.3) is 0 Å². The van der Waals surface area contributed by atoms with Crippen LogP contribution < -0.4 is 0 Å². The van der Waals surface area contributed by atoms with E-state index in [1.165, 1.54) is 0 Å². The van der Waals surface area contributed by atoms with Crippen LogP contribution in [0.15, 0.2) is 0 Å². The number of amides is 1. The van der Waals surface area contributed by atoms with Gasteiger partial charge in [-0.15, -0.1) is 0 Å². The third-order valence-corrected chi connectivity index (χ3v) is 4.66. The molecule has 0 radical (unpaired) electrons. The highest BCUT2D eigenvalue weighted by Gasteiger charge is 2.41. The fourth-order valence-corrected chi connectivity index (χ4v) is 3.49. The van der Waals surface area contributed by atoms with Crippen molar-refractivity contribution < 1.29 is 4.79 Å². The summed E-state index contributed by atoms with van der Waals surface area (Å²) in [5.41, 5.74) is 2.55. The molecule has 1 atom stereocenters. The summed E-state index contributed by atoms with van der Waals surface area (Å²) in [5, 5.41) is 16.6. The van der Waals surface area contributed by atoms with Gasteiger partial charge in [0.1, 0.15) is 6.04 Å². The van der Waals surface area contributed by atoms with E-state index in [9.17, 15) is 10.1 Å². The fourth-order valence-electron chi connectivity index (χ4n) is 3.49. The van der Waals surface area contributed by atoms with E-state index in [0.29, 0.717) is 12.2 Å². The molecule has 0 bridgehead atoms. The lowest BCUT2D eigenvalue weighted by atomic mass is 9.77. The Morgan fingerprint density at radius 1 is 1.45 bits per heavy atom. The SMILES string of the molecule is CC1(C)CCCN(C(=O)c2n[nH]c3c2CCC3)[C@H]1C#N. The molecule has 1 aliphatic carbocycles. The van der Waals surface area contributed by atoms with E-state index < -0.39 is 0 Å². The van der Waals surface area contributed by atoms with Gasteiger partial charge in [-0.1, -0.05) is 13.8 Å². The Balaban J connectivity index is 1.91. The second-order valence-corrected chi connectivity index (χ2v) is 6.51. The molecule has 5 heteroatoms. The number of nitrogens with zero attached hydrogens (tertiary/aromatic N) is 3. The van der Waals surface area contributed by atoms with Crippen molar-refractivity contribution >= 4 is 5.91 Å². The van der Waals surface area contributed by atoms with Crippen molar-refractivity contribution in [3.63, 3.8) is 0 Å². The van der Waals surface area contributed by atoms with Crippen LogP contribution in [0.4, 0.5) is 0 Å². The first-order chi connectivity index (χ1) is 9.54. The second-order valence-electron chi connectivity index (χ2n) is 6.51. The Kier molecular flexibility index (Phi) is 3.04. The predicted molar refractivity (Wildman–Crippen MR) is 74.1 cm³/mol. The summed E-state index contributed by atoms with van der Waals surface area (Å²) in [4.78, 5) is 14.5. The molecule has 106 valence electrons. The number of hydrogen-bond donors (Lipinski definition) is 1. The monoisotopic (exact) mass is 272 g/mol. The lowest BCUT2D eigenvalue weighted by Gasteiger charge is -2.42. The molecule has 2 heterocycles. The molecule has 5 nitrogen and oxygen atoms in total. The summed E-state index contributed by atoms with van der Waals surface area (Å²) in [7, 11) is 0. The number of aryl methyl sites for hydroxylation is 1. The normalized spacial score (nSPS) is 24.2. The topological polar surface area (TPSA) is 72.8 Å². The molecule has 1 aromatic heterocycles. The highest BCUT2D eigenvalue weighted by atomic mass is 16.2. The molecule has 20 heavy (non-hydrogen) atoms. The van der Waals surface area contributed by atoms with Gasteiger partial charge in [0, 0.05) is 17.8 Å². The fraction of sp³-hybridized carbons (Fsp3) is 0.667. The summed E-state index contributed by atoms with van der Waals surface area (Å²) >= 11 is 0. The molecule has 0 spiro atoms. The number of H-pyrrole nitrogens is 1. The predicted octanol–water partition coefficient (Wildman–Crippen LogP) is 2.05. The van der Waals surface area contributed by atoms with Crippen LogP contribution in [0.2, 0.25) is 0 Å². The Bertz CT molecular complexity index is 581. The van der Waals surface area contributed by atoms with Crippen molar-refractivity contribution in [2.45, 2.75) is 52.0 Å². The third-order valence-electron chi connectivity index (χ3n) is 4.66. The summed E-state index contributed by atoms with van der Waals surface area (Å²) in [6.07, 6.45) is 4.90. The van der Waals surface area contributed by atoms with Gasteiger partial charge in [0.05, 0.1) is 6.07 Å². The second kappa shape index (κ2) is 4.62. The maximum atomic E-state index is 12.8. The van der Waals surface area contributed by atoms with E-state index in [1.807, 2.05) is 0 Å². The molecule has 1 amide bonds. The molecule has 1 aliphatic heterocycles. The van der Waals surface area contributed by atoms with E-state index in [0.717, 1.165) is 43.4 Å². The molecule has 2 aliphatic rings. The van der Waals surface area contributed by atoms with E-state index in [2.05, 4.69) is 30.1 Å². The number of carbonyl (C=O) groups excluding carboxylic acids is 1. The summed E-state index contributed by atoms with van der Waals surface area (Å²) < 4.78 is 0. The van der Waals surface area contributed by atoms with Crippen molar-refractivity contribution in [3.8, 4) is 6.07 Å². The number of aromatic amines is 1. The van der Waals surface area contributed by atoms with Crippen LogP contribution in [0.1, 0.15) is 54.9 Å². The zero-order chi connectivity index (χ0) is 14.3. The van der Waals surface area contributed by atoms with Gasteiger partial charge in [-0.05, 0) is 37.5 Å². The van der Waals surface area contributed by atoms with Gasteiger partial charge in [-0.2, -0.15) is 10.4 Å². The van der Waals surface area contributed by atoms with Gasteiger partial charge in [0.2, 0.25) is 0 Å². The van der Waals surface area contributed by atoms with Crippen molar-refractivity contribution in [1.82, 2.24) is 15.1 Å². The molecule has 0 unspecified atom stereocenters. The first-order valence-electron chi connectivity index (χ1n) is 7.31. The Morgan fingerprint density at radius 3 is 3.00 bits per heavy atom. The summed E-state index contributed by atoms with van der Waals surface area (Å²) in [6, 6.07) is 1.96. The zero-order valence-electron chi connectivity index (χ0n) is 12.1. The van der Waals surface area contributed by atoms with Crippen molar-refractivity contribution in [2.75, 3.05) is 6.54 Å². The van der Waals surface area contributed by atoms with Gasteiger partial charge in [0.15, 0.2) is 5.69 Å². The average molecular weight is 272 g/mol. The molecule has 1 N–H and O–H groups in total. The lowest BCUT2D eigenvalue weighted by Crippen LogP contribution is -2.51. The molecule has 3 rings (SSSR count). The summed E-state index contributed by atoms with van der Waals surface area (Å²) in [6.45, 7) is 4.78. The van der Waals surface area contributed by atoms with Crippen molar-refractivity contribution in [2.24, 2.45) is 5.41 Å². The quantitative estimate of drug-likeness (QED) is 0.850. The van der Waals surface area contributed by atoms with Crippen molar-refractivity contribution in [1.29, 1.82) is 5.26 Å². The molecule has 1 aromatic rings. The molecule has 1 fully saturated rings. The number of likely N-dealkylation sites (tertiary alicyclic amines) is 1. The maximum absolute atomic E-state index is 12.8. The van der Waals surface area contributed by atoms with Crippen molar-refractivity contribution in [3.05, 3.63) is 17.0 Å². The van der Waals surface area contributed by atoms with Crippen LogP contribution in [0.5, 0.6) is 0 Å². The lowest BCUT2D eigenvalue weighted by molar-refractivity contribution is 0.0431.